The number of aryl methyl sites for hydroxylation is 4. The van der Waals surface area contributed by atoms with Crippen LogP contribution in [0.15, 0.2) is 229 Å². The van der Waals surface area contributed by atoms with E-state index in [-0.39, 0.29) is 69.2 Å². The highest BCUT2D eigenvalue weighted by Crippen LogP contribution is 2.40. The summed E-state index contributed by atoms with van der Waals surface area (Å²) in [6.45, 7) is 16.9. The van der Waals surface area contributed by atoms with Gasteiger partial charge < -0.3 is 45.1 Å². The fourth-order valence-electron chi connectivity index (χ4n) is 18.1. The van der Waals surface area contributed by atoms with Gasteiger partial charge in [0, 0.05) is 126 Å². The summed E-state index contributed by atoms with van der Waals surface area (Å²) in [5.41, 5.74) is 20.0. The smallest absolute Gasteiger partial charge is 0.410 e. The first-order chi connectivity index (χ1) is 67.1. The number of anilines is 5. The number of fused-ring (bicyclic) bond motifs is 8. The van der Waals surface area contributed by atoms with Gasteiger partial charge in [-0.25, -0.2) is 44.5 Å². The number of carbonyl (C=O) groups is 2. The van der Waals surface area contributed by atoms with E-state index in [1.54, 1.807) is 66.5 Å². The highest BCUT2D eigenvalue weighted by Gasteiger charge is 2.33. The number of hydrogen-bond donors (Lipinski definition) is 3. The average Bonchev–Trinajstić information content (AvgIpc) is 0.759. The van der Waals surface area contributed by atoms with E-state index in [1.807, 2.05) is 163 Å². The van der Waals surface area contributed by atoms with Crippen molar-refractivity contribution in [3.8, 4) is 24.3 Å². The Morgan fingerprint density at radius 1 is 0.432 bits per heavy atom. The van der Waals surface area contributed by atoms with E-state index >= 15 is 0 Å². The number of aromatic nitrogens is 12. The molecule has 2 saturated heterocycles. The first-order valence-electron chi connectivity index (χ1n) is 46.2. The number of benzene rings is 6. The number of halogens is 1. The van der Waals surface area contributed by atoms with Gasteiger partial charge in [0.2, 0.25) is 5.95 Å². The molecule has 0 bridgehead atoms. The molecule has 6 aliphatic rings. The average molecular weight is 1980 g/mol. The van der Waals surface area contributed by atoms with Crippen LogP contribution in [-0.2, 0) is 35.2 Å². The third kappa shape index (κ3) is 23.8. The molecule has 8 aromatic heterocycles. The zero-order chi connectivity index (χ0) is 98.2. The van der Waals surface area contributed by atoms with E-state index in [9.17, 15) is 44.6 Å². The van der Waals surface area contributed by atoms with Crippen molar-refractivity contribution in [1.82, 2.24) is 68.4 Å². The molecule has 0 radical (unpaired) electrons. The highest BCUT2D eigenvalue weighted by atomic mass is 79.9. The van der Waals surface area contributed by atoms with Crippen molar-refractivity contribution in [2.24, 2.45) is 0 Å². The standard InChI is InChI=1S/C33H35N7O3.2C19H16N4OS.C15H23N3O2.C10H11Br.C9H6N4OS/c1-33(2,3)43-32(42)39-17-15-38(16-18-39)26-13-11-25(12-14-26)36-31-35-21-24-19-23(20-34)30(41)40(29(24)37-31)28-10-6-8-22-7-4-5-9-27(22)28;2*1-25-19-21-11-14-9-13(10-20)18(24)23(17(14)22-19)16-8-4-6-12-5-2-3-7-15(12)16;1-15(2,3)20-14(19)18-10-8-17(9-11-18)13-6-4-12(16)5-7-13;11-10-7-3-5-8-4-1-2-6-9(8)10;1-15-9-11-4-6-2-5(3-10)8(14)12-7(6)13-9/h4-5,7,9,11-14,19,21,28H,6,8,10,15-18H2,1-3H3,(H,35,36,37);2*2-3,5,7,9,11,16H,4,6,8H2,1H3;4-7H,8-11,16H2,1-3H3;1-2,4,6,10H,3,5,7H2;2,4H,1H3,(H,11,12,13,14). The summed E-state index contributed by atoms with van der Waals surface area (Å²) in [7, 11) is 0. The van der Waals surface area contributed by atoms with Gasteiger partial charge in [0.05, 0.1) is 18.1 Å². The molecular formula is C105H107BrN22O8S3. The summed E-state index contributed by atoms with van der Waals surface area (Å²) < 4.78 is 16.0. The first kappa shape index (κ1) is 99.2. The van der Waals surface area contributed by atoms with Gasteiger partial charge in [0.15, 0.2) is 15.5 Å². The molecule has 4 unspecified atom stereocenters. The largest absolute Gasteiger partial charge is 0.444 e. The summed E-state index contributed by atoms with van der Waals surface area (Å²) >= 11 is 7.95. The topological polar surface area (TPSA) is 401 Å². The number of nitrogens with two attached hydrogens (primary N) is 1. The number of carbonyl (C=O) groups excluding carboxylic acids is 2. The van der Waals surface area contributed by atoms with E-state index in [0.717, 1.165) is 121 Å². The summed E-state index contributed by atoms with van der Waals surface area (Å²) in [4.78, 5) is 122. The van der Waals surface area contributed by atoms with Crippen LogP contribution in [-0.4, -0.2) is 163 Å². The second-order valence-corrected chi connectivity index (χ2v) is 39.5. The number of pyridine rings is 4. The third-order valence-corrected chi connectivity index (χ3v) is 27.4. The summed E-state index contributed by atoms with van der Waals surface area (Å²) in [6, 6.07) is 62.9. The maximum Gasteiger partial charge on any atom is 0.410 e. The van der Waals surface area contributed by atoms with E-state index in [2.05, 4.69) is 138 Å². The molecule has 2 aliphatic heterocycles. The van der Waals surface area contributed by atoms with Gasteiger partial charge in [-0.3, -0.25) is 32.9 Å². The second kappa shape index (κ2) is 44.9. The zero-order valence-electron chi connectivity index (χ0n) is 78.9. The van der Waals surface area contributed by atoms with Crippen LogP contribution in [0.1, 0.15) is 183 Å². The number of alkyl halides is 1. The Kier molecular flexibility index (Phi) is 32.0. The van der Waals surface area contributed by atoms with Crippen molar-refractivity contribution in [1.29, 1.82) is 21.0 Å². The molecule has 4 N–H and O–H groups in total. The zero-order valence-corrected chi connectivity index (χ0v) is 82.9. The molecule has 139 heavy (non-hydrogen) atoms. The minimum Gasteiger partial charge on any atom is -0.444 e. The van der Waals surface area contributed by atoms with Crippen LogP contribution in [0.25, 0.3) is 44.1 Å². The number of nitrogens with one attached hydrogen (secondary N) is 2. The molecular weight excluding hydrogens is 1870 g/mol. The highest BCUT2D eigenvalue weighted by molar-refractivity contribution is 9.09. The maximum absolute atomic E-state index is 13.5. The number of nitrogens with zero attached hydrogens (tertiary/aromatic N) is 19. The molecule has 4 atom stereocenters. The summed E-state index contributed by atoms with van der Waals surface area (Å²) in [5, 5.41) is 45.0. The van der Waals surface area contributed by atoms with Crippen LogP contribution in [0.2, 0.25) is 0 Å². The van der Waals surface area contributed by atoms with E-state index in [4.69, 9.17) is 25.5 Å². The van der Waals surface area contributed by atoms with Crippen LogP contribution in [0.4, 0.5) is 38.3 Å². The fraction of sp³-hybridized carbons (Fsp3) is 0.333. The van der Waals surface area contributed by atoms with Crippen molar-refractivity contribution in [3.63, 3.8) is 0 Å². The lowest BCUT2D eigenvalue weighted by Gasteiger charge is -2.36. The predicted octanol–water partition coefficient (Wildman–Crippen LogP) is 18.7. The van der Waals surface area contributed by atoms with Crippen molar-refractivity contribution in [2.75, 3.05) is 92.0 Å². The molecule has 6 aromatic carbocycles. The van der Waals surface area contributed by atoms with Crippen LogP contribution in [0, 0.1) is 45.3 Å². The van der Waals surface area contributed by atoms with Crippen LogP contribution in [0.3, 0.4) is 0 Å². The lowest BCUT2D eigenvalue weighted by atomic mass is 9.87. The SMILES string of the molecule is BrC1CCCc2ccccc21.CC(C)(C)OC(=O)N1CCN(c2ccc(N)cc2)CC1.CC(C)(C)OC(=O)N1CCN(c2ccc(Nc3ncc4cc(C#N)c(=O)n(C5CCCc6ccccc65)c4n3)cc2)CC1.CSc1ncc2cc(C#N)c(=O)[nH]c2n1.CSc1ncc2cc(C#N)c(=O)n(C3CCCc4ccccc43)c2n1.CSc1ncc2cc(C#N)c(=O)n(C3CCCc4ccccc43)c2n1. The van der Waals surface area contributed by atoms with Gasteiger partial charge in [0.25, 0.3) is 22.2 Å². The molecule has 34 heteroatoms. The minimum atomic E-state index is -0.510. The van der Waals surface area contributed by atoms with E-state index in [1.165, 1.54) is 88.4 Å². The molecule has 30 nitrogen and oxygen atoms in total. The van der Waals surface area contributed by atoms with Crippen molar-refractivity contribution >= 4 is 136 Å². The number of piperazine rings is 2. The Morgan fingerprint density at radius 3 is 1.15 bits per heavy atom. The van der Waals surface area contributed by atoms with E-state index in [0.29, 0.717) is 98.9 Å². The number of nitrogen functional groups attached to an aromatic ring is 1. The third-order valence-electron chi connectivity index (χ3n) is 24.7. The van der Waals surface area contributed by atoms with Crippen molar-refractivity contribution in [2.45, 2.75) is 168 Å². The number of H-pyrrole nitrogens is 1. The second-order valence-electron chi connectivity index (χ2n) is 36.1. The fourth-order valence-corrected chi connectivity index (χ4v) is 19.8. The number of hydrogen-bond acceptors (Lipinski definition) is 27. The van der Waals surface area contributed by atoms with Gasteiger partial charge in [-0.1, -0.05) is 148 Å². The molecule has 10 heterocycles. The van der Waals surface area contributed by atoms with Gasteiger partial charge in [-0.2, -0.15) is 26.0 Å². The molecule has 2 fully saturated rings. The van der Waals surface area contributed by atoms with Crippen LogP contribution < -0.4 is 43.1 Å². The summed E-state index contributed by atoms with van der Waals surface area (Å²) in [5.74, 6) is 0.369. The molecule has 2 amide bonds. The Bertz CT molecular complexity index is 7160. The number of ether oxygens (including phenoxy) is 2. The Labute approximate surface area is 826 Å². The lowest BCUT2D eigenvalue weighted by Crippen LogP contribution is -2.50. The molecule has 14 aromatic rings. The molecule has 710 valence electrons. The first-order valence-corrected chi connectivity index (χ1v) is 50.7. The number of thioether (sulfide) groups is 3. The number of amides is 2. The molecule has 0 saturated carbocycles. The number of aromatic amines is 1. The van der Waals surface area contributed by atoms with Gasteiger partial charge >= 0.3 is 12.2 Å². The maximum atomic E-state index is 13.5. The predicted molar refractivity (Wildman–Crippen MR) is 550 cm³/mol. The number of nitriles is 4. The Balaban J connectivity index is 0.000000133. The van der Waals surface area contributed by atoms with Crippen LogP contribution >= 0.6 is 51.2 Å². The lowest BCUT2D eigenvalue weighted by molar-refractivity contribution is 0.0230. The Morgan fingerprint density at radius 2 is 0.770 bits per heavy atom. The van der Waals surface area contributed by atoms with Gasteiger partial charge in [-0.05, 0) is 255 Å². The minimum absolute atomic E-state index is 0.0722. The van der Waals surface area contributed by atoms with Crippen LogP contribution in [0.5, 0.6) is 0 Å². The monoisotopic (exact) mass is 1980 g/mol. The molecule has 0 spiro atoms. The van der Waals surface area contributed by atoms with Gasteiger partial charge in [-0.15, -0.1) is 0 Å². The number of rotatable bonds is 10. The molecule has 20 rings (SSSR count). The quantitative estimate of drug-likeness (QED) is 0.0495. The Hall–Kier alpha value is -14.3. The summed E-state index contributed by atoms with van der Waals surface area (Å²) in [6.07, 6.45) is 24.2. The normalized spacial score (nSPS) is 16.3. The van der Waals surface area contributed by atoms with Crippen molar-refractivity contribution < 1.29 is 19.1 Å². The van der Waals surface area contributed by atoms with Crippen molar-refractivity contribution in [3.05, 3.63) is 303 Å². The van der Waals surface area contributed by atoms with Gasteiger partial charge in [0.1, 0.15) is 80.3 Å². The van der Waals surface area contributed by atoms with E-state index < -0.39 is 16.8 Å². The molecule has 4 aliphatic carbocycles.